The van der Waals surface area contributed by atoms with Crippen molar-refractivity contribution >= 4 is 23.4 Å². The second-order valence-corrected chi connectivity index (χ2v) is 4.45. The van der Waals surface area contributed by atoms with Gasteiger partial charge in [-0.1, -0.05) is 23.7 Å². The molecular weight excluding hydrogens is 260 g/mol. The van der Waals surface area contributed by atoms with E-state index in [9.17, 15) is 10.1 Å². The number of thioether (sulfide) groups is 1. The number of nitro groups is 1. The molecule has 1 aromatic rings. The molecule has 0 bridgehead atoms. The second kappa shape index (κ2) is 6.28. The maximum atomic E-state index is 10.5. The third-order valence-corrected chi connectivity index (χ3v) is 3.15. The van der Waals surface area contributed by atoms with Crippen molar-refractivity contribution in [3.8, 4) is 6.07 Å². The van der Waals surface area contributed by atoms with E-state index in [1.807, 2.05) is 0 Å². The van der Waals surface area contributed by atoms with E-state index >= 15 is 0 Å². The summed E-state index contributed by atoms with van der Waals surface area (Å²) in [7, 11) is 0. The van der Waals surface area contributed by atoms with E-state index in [-0.39, 0.29) is 0 Å². The van der Waals surface area contributed by atoms with Crippen molar-refractivity contribution in [1.82, 2.24) is 0 Å². The van der Waals surface area contributed by atoms with Crippen molar-refractivity contribution in [1.29, 1.82) is 5.26 Å². The summed E-state index contributed by atoms with van der Waals surface area (Å²) in [5, 5.41) is 20.1. The lowest BCUT2D eigenvalue weighted by atomic mass is 10.0. The summed E-state index contributed by atoms with van der Waals surface area (Å²) in [5.41, 5.74) is 0.694. The number of allylic oxidation sites excluding steroid dienone is 1. The normalized spacial score (nSPS) is 12.9. The molecule has 0 aromatic heterocycles. The van der Waals surface area contributed by atoms with E-state index in [0.717, 1.165) is 6.20 Å². The van der Waals surface area contributed by atoms with Crippen LogP contribution in [0.25, 0.3) is 0 Å². The van der Waals surface area contributed by atoms with Crippen LogP contribution in [0.5, 0.6) is 0 Å². The van der Waals surface area contributed by atoms with Gasteiger partial charge >= 0.3 is 0 Å². The molecule has 0 saturated heterocycles. The van der Waals surface area contributed by atoms with Crippen LogP contribution in [0.3, 0.4) is 0 Å². The van der Waals surface area contributed by atoms with Crippen LogP contribution in [-0.4, -0.2) is 11.2 Å². The van der Waals surface area contributed by atoms with Crippen LogP contribution in [-0.2, 0) is 0 Å². The standard InChI is InChI=1S/C11H9ClN2O2S/c1-17-11(7-14(15)16)10(6-13)8-2-4-9(12)5-3-8/h2-5,7,10H,1H3/b11-7+. The Hall–Kier alpha value is -1.51. The number of nitrogens with zero attached hydrogens (tertiary/aromatic N) is 2. The van der Waals surface area contributed by atoms with Gasteiger partial charge in [0.05, 0.1) is 15.9 Å². The maximum Gasteiger partial charge on any atom is 0.245 e. The van der Waals surface area contributed by atoms with Gasteiger partial charge in [-0.05, 0) is 24.0 Å². The molecule has 0 aliphatic rings. The average Bonchev–Trinajstić information content (AvgIpc) is 2.30. The first kappa shape index (κ1) is 13.6. The average molecular weight is 269 g/mol. The second-order valence-electron chi connectivity index (χ2n) is 3.13. The van der Waals surface area contributed by atoms with Gasteiger partial charge in [-0.2, -0.15) is 5.26 Å². The molecule has 0 radical (unpaired) electrons. The first-order valence-electron chi connectivity index (χ1n) is 4.62. The molecule has 0 amide bonds. The highest BCUT2D eigenvalue weighted by molar-refractivity contribution is 8.02. The Bertz CT molecular complexity index is 479. The molecule has 0 heterocycles. The molecule has 1 unspecified atom stereocenters. The molecule has 88 valence electrons. The summed E-state index contributed by atoms with van der Waals surface area (Å²) in [6.07, 6.45) is 2.57. The molecule has 0 spiro atoms. The lowest BCUT2D eigenvalue weighted by Gasteiger charge is -2.09. The lowest BCUT2D eigenvalue weighted by molar-refractivity contribution is -0.403. The number of benzene rings is 1. The zero-order valence-corrected chi connectivity index (χ0v) is 10.5. The highest BCUT2D eigenvalue weighted by Gasteiger charge is 2.18. The van der Waals surface area contributed by atoms with Gasteiger partial charge in [-0.3, -0.25) is 10.1 Å². The summed E-state index contributed by atoms with van der Waals surface area (Å²) in [4.78, 5) is 10.3. The van der Waals surface area contributed by atoms with Crippen LogP contribution in [0.1, 0.15) is 11.5 Å². The molecule has 0 fully saturated rings. The van der Waals surface area contributed by atoms with Gasteiger partial charge in [0, 0.05) is 5.02 Å². The summed E-state index contributed by atoms with van der Waals surface area (Å²) in [6.45, 7) is 0. The topological polar surface area (TPSA) is 66.9 Å². The Labute approximate surface area is 108 Å². The Balaban J connectivity index is 3.11. The predicted octanol–water partition coefficient (Wildman–Crippen LogP) is 3.43. The molecular formula is C11H9ClN2O2S. The minimum Gasteiger partial charge on any atom is -0.259 e. The SMILES string of the molecule is CS/C(=C/[N+](=O)[O-])C(C#N)c1ccc(Cl)cc1. The number of nitriles is 1. The smallest absolute Gasteiger partial charge is 0.245 e. The van der Waals surface area contributed by atoms with Crippen molar-refractivity contribution in [2.24, 2.45) is 0 Å². The van der Waals surface area contributed by atoms with E-state index < -0.39 is 10.8 Å². The van der Waals surface area contributed by atoms with E-state index in [4.69, 9.17) is 16.9 Å². The molecule has 17 heavy (non-hydrogen) atoms. The van der Waals surface area contributed by atoms with Gasteiger partial charge in [0.15, 0.2) is 0 Å². The van der Waals surface area contributed by atoms with E-state index in [1.54, 1.807) is 30.5 Å². The minimum absolute atomic E-state index is 0.403. The first-order valence-corrected chi connectivity index (χ1v) is 6.23. The van der Waals surface area contributed by atoms with Crippen molar-refractivity contribution in [2.75, 3.05) is 6.26 Å². The van der Waals surface area contributed by atoms with Gasteiger partial charge < -0.3 is 0 Å². The number of hydrogen-bond donors (Lipinski definition) is 0. The largest absolute Gasteiger partial charge is 0.259 e. The third-order valence-electron chi connectivity index (χ3n) is 2.09. The minimum atomic E-state index is -0.632. The molecule has 0 aliphatic carbocycles. The molecule has 1 rings (SSSR count). The van der Waals surface area contributed by atoms with Crippen LogP contribution in [0.4, 0.5) is 0 Å². The zero-order chi connectivity index (χ0) is 12.8. The highest BCUT2D eigenvalue weighted by atomic mass is 35.5. The van der Waals surface area contributed by atoms with Crippen LogP contribution < -0.4 is 0 Å². The number of rotatable bonds is 4. The monoisotopic (exact) mass is 268 g/mol. The third kappa shape index (κ3) is 3.77. The van der Waals surface area contributed by atoms with Gasteiger partial charge in [-0.25, -0.2) is 0 Å². The van der Waals surface area contributed by atoms with Crippen LogP contribution in [0, 0.1) is 21.4 Å². The van der Waals surface area contributed by atoms with Crippen molar-refractivity contribution < 1.29 is 4.92 Å². The van der Waals surface area contributed by atoms with Gasteiger partial charge in [0.25, 0.3) is 0 Å². The molecule has 0 N–H and O–H groups in total. The quantitative estimate of drug-likeness (QED) is 0.620. The number of halogens is 1. The number of hydrogen-bond acceptors (Lipinski definition) is 4. The first-order chi connectivity index (χ1) is 8.08. The van der Waals surface area contributed by atoms with Crippen LogP contribution >= 0.6 is 23.4 Å². The maximum absolute atomic E-state index is 10.5. The Morgan fingerprint density at radius 1 is 1.59 bits per heavy atom. The van der Waals surface area contributed by atoms with Crippen LogP contribution in [0.15, 0.2) is 35.4 Å². The summed E-state index contributed by atoms with van der Waals surface area (Å²) >= 11 is 6.94. The fourth-order valence-electron chi connectivity index (χ4n) is 1.31. The molecule has 1 atom stereocenters. The molecule has 4 nitrogen and oxygen atoms in total. The van der Waals surface area contributed by atoms with E-state index in [1.165, 1.54) is 11.8 Å². The Morgan fingerprint density at radius 3 is 2.59 bits per heavy atom. The van der Waals surface area contributed by atoms with Crippen LogP contribution in [0.2, 0.25) is 5.02 Å². The Morgan fingerprint density at radius 2 is 2.18 bits per heavy atom. The molecule has 1 aromatic carbocycles. The molecule has 6 heteroatoms. The Kier molecular flexibility index (Phi) is 5.01. The van der Waals surface area contributed by atoms with E-state index in [0.29, 0.717) is 15.5 Å². The summed E-state index contributed by atoms with van der Waals surface area (Å²) < 4.78 is 0. The zero-order valence-electron chi connectivity index (χ0n) is 8.96. The molecule has 0 saturated carbocycles. The molecule has 0 aliphatic heterocycles. The summed E-state index contributed by atoms with van der Waals surface area (Å²) in [6, 6.07) is 8.76. The summed E-state index contributed by atoms with van der Waals surface area (Å²) in [5.74, 6) is -0.632. The van der Waals surface area contributed by atoms with Gasteiger partial charge in [0.1, 0.15) is 5.92 Å². The van der Waals surface area contributed by atoms with Gasteiger partial charge in [-0.15, -0.1) is 11.8 Å². The van der Waals surface area contributed by atoms with Crippen molar-refractivity contribution in [2.45, 2.75) is 5.92 Å². The van der Waals surface area contributed by atoms with E-state index in [2.05, 4.69) is 6.07 Å². The van der Waals surface area contributed by atoms with Gasteiger partial charge in [0.2, 0.25) is 6.20 Å². The fraction of sp³-hybridized carbons (Fsp3) is 0.182. The van der Waals surface area contributed by atoms with Crippen molar-refractivity contribution in [3.63, 3.8) is 0 Å². The lowest BCUT2D eigenvalue weighted by Crippen LogP contribution is -2.00. The fourth-order valence-corrected chi connectivity index (χ4v) is 2.05. The highest BCUT2D eigenvalue weighted by Crippen LogP contribution is 2.31. The van der Waals surface area contributed by atoms with Crippen molar-refractivity contribution in [3.05, 3.63) is 56.1 Å². The predicted molar refractivity (Wildman–Crippen MR) is 68.4 cm³/mol.